The van der Waals surface area contributed by atoms with Crippen molar-refractivity contribution in [3.8, 4) is 34.1 Å². The minimum absolute atomic E-state index is 0.637. The first-order valence-corrected chi connectivity index (χ1v) is 6.87. The Morgan fingerprint density at radius 1 is 0.864 bits per heavy atom. The van der Waals surface area contributed by atoms with Crippen LogP contribution in [-0.4, -0.2) is 20.2 Å². The average molecular weight is 288 g/mol. The van der Waals surface area contributed by atoms with E-state index in [0.717, 1.165) is 28.3 Å². The second kappa shape index (κ2) is 5.29. The third kappa shape index (κ3) is 2.29. The molecule has 0 radical (unpaired) electrons. The lowest BCUT2D eigenvalue weighted by Gasteiger charge is -1.99. The lowest BCUT2D eigenvalue weighted by atomic mass is 10.1. The van der Waals surface area contributed by atoms with Crippen LogP contribution < -0.4 is 0 Å². The third-order valence-electron chi connectivity index (χ3n) is 3.37. The molecular formula is C17H12N4O. The predicted octanol–water partition coefficient (Wildman–Crippen LogP) is 3.79. The molecule has 0 fully saturated rings. The highest BCUT2D eigenvalue weighted by molar-refractivity contribution is 5.65. The van der Waals surface area contributed by atoms with Crippen LogP contribution >= 0.6 is 0 Å². The van der Waals surface area contributed by atoms with Gasteiger partial charge in [-0.2, -0.15) is 5.10 Å². The normalized spacial score (nSPS) is 10.7. The van der Waals surface area contributed by atoms with E-state index in [9.17, 15) is 0 Å². The van der Waals surface area contributed by atoms with Crippen molar-refractivity contribution < 1.29 is 4.42 Å². The Morgan fingerprint density at radius 2 is 1.73 bits per heavy atom. The Kier molecular flexibility index (Phi) is 3.01. The zero-order valence-corrected chi connectivity index (χ0v) is 11.6. The smallest absolute Gasteiger partial charge is 0.183 e. The molecular weight excluding hydrogens is 276 g/mol. The number of pyridine rings is 1. The molecule has 0 saturated carbocycles. The summed E-state index contributed by atoms with van der Waals surface area (Å²) in [4.78, 5) is 8.59. The molecule has 0 amide bonds. The van der Waals surface area contributed by atoms with E-state index in [-0.39, 0.29) is 0 Å². The second-order valence-electron chi connectivity index (χ2n) is 4.80. The molecule has 0 spiro atoms. The molecule has 5 nitrogen and oxygen atoms in total. The maximum absolute atomic E-state index is 5.38. The van der Waals surface area contributed by atoms with Crippen LogP contribution in [-0.2, 0) is 0 Å². The van der Waals surface area contributed by atoms with E-state index in [1.807, 2.05) is 48.5 Å². The van der Waals surface area contributed by atoms with Crippen molar-refractivity contribution in [2.75, 3.05) is 0 Å². The highest BCUT2D eigenvalue weighted by Crippen LogP contribution is 2.24. The first-order valence-electron chi connectivity index (χ1n) is 6.87. The molecule has 1 aromatic carbocycles. The lowest BCUT2D eigenvalue weighted by molar-refractivity contribution is 0.582. The van der Waals surface area contributed by atoms with Crippen LogP contribution in [0.3, 0.4) is 0 Å². The third-order valence-corrected chi connectivity index (χ3v) is 3.37. The average Bonchev–Trinajstić information content (AvgIpc) is 3.28. The van der Waals surface area contributed by atoms with Gasteiger partial charge < -0.3 is 4.42 Å². The zero-order valence-electron chi connectivity index (χ0n) is 11.6. The van der Waals surface area contributed by atoms with E-state index in [2.05, 4.69) is 20.2 Å². The van der Waals surface area contributed by atoms with Gasteiger partial charge in [-0.25, -0.2) is 4.98 Å². The van der Waals surface area contributed by atoms with Crippen LogP contribution in [0.15, 0.2) is 71.6 Å². The molecule has 4 aromatic rings. The SMILES string of the molecule is c1cncc(-c2n[nH]c(-c3ccc(-c4ccco4)cc3)n2)c1. The van der Waals surface area contributed by atoms with Gasteiger partial charge in [-0.3, -0.25) is 10.1 Å². The fourth-order valence-electron chi connectivity index (χ4n) is 2.25. The Balaban J connectivity index is 1.64. The molecule has 3 heterocycles. The summed E-state index contributed by atoms with van der Waals surface area (Å²) in [6, 6.07) is 15.6. The summed E-state index contributed by atoms with van der Waals surface area (Å²) in [7, 11) is 0. The monoisotopic (exact) mass is 288 g/mol. The van der Waals surface area contributed by atoms with Crippen LogP contribution in [0.1, 0.15) is 0 Å². The largest absolute Gasteiger partial charge is 0.464 e. The van der Waals surface area contributed by atoms with Crippen molar-refractivity contribution in [3.05, 3.63) is 67.2 Å². The molecule has 1 N–H and O–H groups in total. The quantitative estimate of drug-likeness (QED) is 0.622. The molecule has 22 heavy (non-hydrogen) atoms. The minimum atomic E-state index is 0.637. The van der Waals surface area contributed by atoms with Gasteiger partial charge in [0, 0.05) is 29.1 Å². The molecule has 0 aliphatic heterocycles. The minimum Gasteiger partial charge on any atom is -0.464 e. The van der Waals surface area contributed by atoms with Gasteiger partial charge in [0.2, 0.25) is 0 Å². The highest BCUT2D eigenvalue weighted by Gasteiger charge is 2.08. The molecule has 106 valence electrons. The van der Waals surface area contributed by atoms with Crippen molar-refractivity contribution in [1.29, 1.82) is 0 Å². The fraction of sp³-hybridized carbons (Fsp3) is 0. The number of nitrogens with one attached hydrogen (secondary N) is 1. The van der Waals surface area contributed by atoms with Crippen LogP contribution in [0.5, 0.6) is 0 Å². The highest BCUT2D eigenvalue weighted by atomic mass is 16.3. The molecule has 5 heteroatoms. The van der Waals surface area contributed by atoms with E-state index in [1.165, 1.54) is 0 Å². The summed E-state index contributed by atoms with van der Waals surface area (Å²) >= 11 is 0. The van der Waals surface area contributed by atoms with E-state index in [1.54, 1.807) is 18.7 Å². The molecule has 0 bridgehead atoms. The van der Waals surface area contributed by atoms with Crippen LogP contribution in [0.2, 0.25) is 0 Å². The number of hydrogen-bond acceptors (Lipinski definition) is 4. The number of hydrogen-bond donors (Lipinski definition) is 1. The Labute approximate surface area is 126 Å². The van der Waals surface area contributed by atoms with Crippen molar-refractivity contribution in [1.82, 2.24) is 20.2 Å². The van der Waals surface area contributed by atoms with Crippen LogP contribution in [0.25, 0.3) is 34.1 Å². The van der Waals surface area contributed by atoms with Gasteiger partial charge in [-0.15, -0.1) is 0 Å². The van der Waals surface area contributed by atoms with Gasteiger partial charge in [0.05, 0.1) is 6.26 Å². The second-order valence-corrected chi connectivity index (χ2v) is 4.80. The number of benzene rings is 1. The van der Waals surface area contributed by atoms with Gasteiger partial charge in [-0.05, 0) is 24.3 Å². The number of aromatic nitrogens is 4. The van der Waals surface area contributed by atoms with Crippen molar-refractivity contribution in [3.63, 3.8) is 0 Å². The molecule has 0 saturated heterocycles. The number of furan rings is 1. The number of aromatic amines is 1. The van der Waals surface area contributed by atoms with Crippen LogP contribution in [0.4, 0.5) is 0 Å². The lowest BCUT2D eigenvalue weighted by Crippen LogP contribution is -1.82. The van der Waals surface area contributed by atoms with Gasteiger partial charge in [0.1, 0.15) is 5.76 Å². The summed E-state index contributed by atoms with van der Waals surface area (Å²) in [6.07, 6.45) is 5.14. The van der Waals surface area contributed by atoms with Gasteiger partial charge in [0.25, 0.3) is 0 Å². The van der Waals surface area contributed by atoms with Gasteiger partial charge in [0.15, 0.2) is 11.6 Å². The van der Waals surface area contributed by atoms with E-state index in [4.69, 9.17) is 4.42 Å². The molecule has 0 atom stereocenters. The first kappa shape index (κ1) is 12.5. The number of nitrogens with zero attached hydrogens (tertiary/aromatic N) is 3. The fourth-order valence-corrected chi connectivity index (χ4v) is 2.25. The van der Waals surface area contributed by atoms with E-state index < -0.39 is 0 Å². The van der Waals surface area contributed by atoms with Crippen molar-refractivity contribution >= 4 is 0 Å². The maximum Gasteiger partial charge on any atom is 0.183 e. The van der Waals surface area contributed by atoms with Gasteiger partial charge >= 0.3 is 0 Å². The summed E-state index contributed by atoms with van der Waals surface area (Å²) < 4.78 is 5.38. The van der Waals surface area contributed by atoms with E-state index >= 15 is 0 Å². The van der Waals surface area contributed by atoms with E-state index in [0.29, 0.717) is 5.82 Å². The van der Waals surface area contributed by atoms with Gasteiger partial charge in [-0.1, -0.05) is 24.3 Å². The summed E-state index contributed by atoms with van der Waals surface area (Å²) in [5.74, 6) is 2.21. The molecule has 3 aromatic heterocycles. The Hall–Kier alpha value is -3.21. The first-order chi connectivity index (χ1) is 10.9. The Bertz CT molecular complexity index is 865. The summed E-state index contributed by atoms with van der Waals surface area (Å²) in [5, 5.41) is 7.20. The standard InChI is InChI=1S/C17H12N4O/c1-3-14(11-18-9-1)17-19-16(20-21-17)13-7-5-12(6-8-13)15-4-2-10-22-15/h1-11H,(H,19,20,21). The summed E-state index contributed by atoms with van der Waals surface area (Å²) in [5.41, 5.74) is 2.89. The summed E-state index contributed by atoms with van der Waals surface area (Å²) in [6.45, 7) is 0. The molecule has 4 rings (SSSR count). The number of H-pyrrole nitrogens is 1. The van der Waals surface area contributed by atoms with Crippen molar-refractivity contribution in [2.45, 2.75) is 0 Å². The topological polar surface area (TPSA) is 67.6 Å². The molecule has 0 aliphatic rings. The predicted molar refractivity (Wildman–Crippen MR) is 82.8 cm³/mol. The molecule has 0 unspecified atom stereocenters. The maximum atomic E-state index is 5.38. The molecule has 0 aliphatic carbocycles. The Morgan fingerprint density at radius 3 is 2.45 bits per heavy atom. The van der Waals surface area contributed by atoms with Crippen molar-refractivity contribution in [2.24, 2.45) is 0 Å². The zero-order chi connectivity index (χ0) is 14.8. The number of rotatable bonds is 3. The van der Waals surface area contributed by atoms with Crippen LogP contribution in [0, 0.1) is 0 Å².